The summed E-state index contributed by atoms with van der Waals surface area (Å²) in [6, 6.07) is 14.5. The summed E-state index contributed by atoms with van der Waals surface area (Å²) in [5, 5.41) is 4.21. The highest BCUT2D eigenvalue weighted by molar-refractivity contribution is 7.99. The van der Waals surface area contributed by atoms with Crippen LogP contribution in [0.1, 0.15) is 15.9 Å². The Hall–Kier alpha value is -2.57. The molecule has 0 fully saturated rings. The Balaban J connectivity index is 1.71. The zero-order valence-corrected chi connectivity index (χ0v) is 15.6. The molecule has 0 aliphatic rings. The lowest BCUT2D eigenvalue weighted by Gasteiger charge is -2.09. The average Bonchev–Trinajstić information content (AvgIpc) is 2.68. The monoisotopic (exact) mass is 385 g/mol. The molecule has 7 heteroatoms. The fourth-order valence-electron chi connectivity index (χ4n) is 2.21. The van der Waals surface area contributed by atoms with Gasteiger partial charge in [0.05, 0.1) is 12.7 Å². The molecule has 3 aromatic rings. The van der Waals surface area contributed by atoms with E-state index in [2.05, 4.69) is 15.3 Å². The van der Waals surface area contributed by atoms with Gasteiger partial charge < -0.3 is 10.1 Å². The maximum atomic E-state index is 12.6. The number of amides is 1. The number of benzene rings is 1. The molecule has 2 heterocycles. The molecule has 1 amide bonds. The maximum absolute atomic E-state index is 12.6. The number of ether oxygens (including phenoxy) is 1. The van der Waals surface area contributed by atoms with Gasteiger partial charge in [-0.3, -0.25) is 4.79 Å². The third-order valence-electron chi connectivity index (χ3n) is 3.51. The highest BCUT2D eigenvalue weighted by Crippen LogP contribution is 2.29. The summed E-state index contributed by atoms with van der Waals surface area (Å²) in [4.78, 5) is 22.0. The lowest BCUT2D eigenvalue weighted by atomic mass is 10.2. The van der Waals surface area contributed by atoms with Gasteiger partial charge in [-0.15, -0.1) is 0 Å². The minimum Gasteiger partial charge on any atom is -0.481 e. The molecule has 3 rings (SSSR count). The van der Waals surface area contributed by atoms with Crippen LogP contribution in [-0.4, -0.2) is 23.0 Å². The molecule has 0 unspecified atom stereocenters. The molecule has 5 nitrogen and oxygen atoms in total. The number of nitrogens with one attached hydrogen (secondary N) is 1. The summed E-state index contributed by atoms with van der Waals surface area (Å²) in [5.41, 5.74) is 1.43. The Bertz CT molecular complexity index is 903. The van der Waals surface area contributed by atoms with Gasteiger partial charge in [0.25, 0.3) is 5.91 Å². The molecule has 0 aliphatic heterocycles. The predicted octanol–water partition coefficient (Wildman–Crippen LogP) is 4.22. The number of methoxy groups -OCH3 is 1. The molecule has 0 bridgehead atoms. The van der Waals surface area contributed by atoms with Crippen molar-refractivity contribution in [2.75, 3.05) is 7.11 Å². The lowest BCUT2D eigenvalue weighted by Crippen LogP contribution is -2.23. The van der Waals surface area contributed by atoms with Gasteiger partial charge in [-0.2, -0.15) is 0 Å². The second-order valence-corrected chi connectivity index (χ2v) is 6.80. The largest absolute Gasteiger partial charge is 0.481 e. The number of aromatic nitrogens is 2. The molecule has 0 aliphatic carbocycles. The Morgan fingerprint density at radius 3 is 2.73 bits per heavy atom. The average molecular weight is 386 g/mol. The van der Waals surface area contributed by atoms with Gasteiger partial charge in [-0.25, -0.2) is 9.97 Å². The number of pyridine rings is 2. The molecule has 26 heavy (non-hydrogen) atoms. The van der Waals surface area contributed by atoms with E-state index in [4.69, 9.17) is 16.3 Å². The van der Waals surface area contributed by atoms with E-state index in [0.717, 1.165) is 10.5 Å². The van der Waals surface area contributed by atoms with Crippen molar-refractivity contribution in [3.8, 4) is 5.88 Å². The SMILES string of the molecule is COc1cc(CNC(=O)c2cccnc2Sc2ccc(Cl)cc2)ccn1. The smallest absolute Gasteiger partial charge is 0.254 e. The summed E-state index contributed by atoms with van der Waals surface area (Å²) in [6.45, 7) is 0.373. The van der Waals surface area contributed by atoms with E-state index < -0.39 is 0 Å². The van der Waals surface area contributed by atoms with Crippen molar-refractivity contribution in [3.63, 3.8) is 0 Å². The van der Waals surface area contributed by atoms with Crippen LogP contribution in [0.4, 0.5) is 0 Å². The van der Waals surface area contributed by atoms with Crippen LogP contribution >= 0.6 is 23.4 Å². The zero-order valence-electron chi connectivity index (χ0n) is 14.0. The second-order valence-electron chi connectivity index (χ2n) is 5.30. The van der Waals surface area contributed by atoms with Crippen LogP contribution in [0.5, 0.6) is 5.88 Å². The normalized spacial score (nSPS) is 10.4. The van der Waals surface area contributed by atoms with Crippen LogP contribution in [0.2, 0.25) is 5.02 Å². The number of rotatable bonds is 6. The Labute approximate surface area is 160 Å². The fourth-order valence-corrected chi connectivity index (χ4v) is 3.21. The molecular weight excluding hydrogens is 370 g/mol. The van der Waals surface area contributed by atoms with Crippen molar-refractivity contribution in [2.45, 2.75) is 16.5 Å². The molecule has 1 N–H and O–H groups in total. The van der Waals surface area contributed by atoms with Crippen LogP contribution in [-0.2, 0) is 6.54 Å². The lowest BCUT2D eigenvalue weighted by molar-refractivity contribution is 0.0947. The summed E-state index contributed by atoms with van der Waals surface area (Å²) in [6.07, 6.45) is 3.31. The minimum atomic E-state index is -0.189. The van der Waals surface area contributed by atoms with Crippen molar-refractivity contribution in [1.29, 1.82) is 0 Å². The summed E-state index contributed by atoms with van der Waals surface area (Å²) in [5.74, 6) is 0.322. The quantitative estimate of drug-likeness (QED) is 0.688. The zero-order chi connectivity index (χ0) is 18.4. The van der Waals surface area contributed by atoms with Crippen LogP contribution in [0.25, 0.3) is 0 Å². The summed E-state index contributed by atoms with van der Waals surface area (Å²) >= 11 is 7.33. The standard InChI is InChI=1S/C19H16ClN3O2S/c1-25-17-11-13(8-10-21-17)12-23-18(24)16-3-2-9-22-19(16)26-15-6-4-14(20)5-7-15/h2-11H,12H2,1H3,(H,23,24). The Kier molecular flexibility index (Phi) is 6.09. The molecule has 0 saturated carbocycles. The fraction of sp³-hybridized carbons (Fsp3) is 0.105. The van der Waals surface area contributed by atoms with Crippen LogP contribution in [0.15, 0.2) is 70.8 Å². The van der Waals surface area contributed by atoms with Crippen molar-refractivity contribution < 1.29 is 9.53 Å². The number of halogens is 1. The highest BCUT2D eigenvalue weighted by Gasteiger charge is 2.13. The highest BCUT2D eigenvalue weighted by atomic mass is 35.5. The number of carbonyl (C=O) groups excluding carboxylic acids is 1. The van der Waals surface area contributed by atoms with Gasteiger partial charge in [0, 0.05) is 34.9 Å². The van der Waals surface area contributed by atoms with Gasteiger partial charge in [-0.1, -0.05) is 23.4 Å². The van der Waals surface area contributed by atoms with Gasteiger partial charge >= 0.3 is 0 Å². The first kappa shape index (κ1) is 18.2. The van der Waals surface area contributed by atoms with E-state index in [-0.39, 0.29) is 5.91 Å². The van der Waals surface area contributed by atoms with E-state index in [1.54, 1.807) is 37.7 Å². The Morgan fingerprint density at radius 2 is 1.96 bits per heavy atom. The minimum absolute atomic E-state index is 0.189. The predicted molar refractivity (Wildman–Crippen MR) is 102 cm³/mol. The summed E-state index contributed by atoms with van der Waals surface area (Å²) < 4.78 is 5.09. The second kappa shape index (κ2) is 8.69. The molecule has 1 aromatic carbocycles. The first-order chi connectivity index (χ1) is 12.7. The maximum Gasteiger partial charge on any atom is 0.254 e. The van der Waals surface area contributed by atoms with E-state index in [0.29, 0.717) is 28.0 Å². The summed E-state index contributed by atoms with van der Waals surface area (Å²) in [7, 11) is 1.56. The molecule has 0 spiro atoms. The van der Waals surface area contributed by atoms with Gasteiger partial charge in [-0.05, 0) is 48.0 Å². The van der Waals surface area contributed by atoms with E-state index in [1.165, 1.54) is 11.8 Å². The number of hydrogen-bond acceptors (Lipinski definition) is 5. The topological polar surface area (TPSA) is 64.1 Å². The first-order valence-electron chi connectivity index (χ1n) is 7.81. The van der Waals surface area contributed by atoms with Crippen LogP contribution in [0, 0.1) is 0 Å². The van der Waals surface area contributed by atoms with E-state index in [9.17, 15) is 4.79 Å². The molecule has 2 aromatic heterocycles. The third kappa shape index (κ3) is 4.74. The molecule has 0 atom stereocenters. The Morgan fingerprint density at radius 1 is 1.15 bits per heavy atom. The van der Waals surface area contributed by atoms with Gasteiger partial charge in [0.15, 0.2) is 0 Å². The van der Waals surface area contributed by atoms with E-state index in [1.807, 2.05) is 30.3 Å². The molecule has 132 valence electrons. The van der Waals surface area contributed by atoms with Crippen molar-refractivity contribution in [3.05, 3.63) is 77.1 Å². The first-order valence-corrected chi connectivity index (χ1v) is 9.00. The molecule has 0 radical (unpaired) electrons. The van der Waals surface area contributed by atoms with Crippen molar-refractivity contribution in [1.82, 2.24) is 15.3 Å². The van der Waals surface area contributed by atoms with E-state index >= 15 is 0 Å². The van der Waals surface area contributed by atoms with Gasteiger partial charge in [0.1, 0.15) is 5.03 Å². The number of nitrogens with zero attached hydrogens (tertiary/aromatic N) is 2. The van der Waals surface area contributed by atoms with Crippen molar-refractivity contribution >= 4 is 29.3 Å². The number of hydrogen-bond donors (Lipinski definition) is 1. The molecule has 0 saturated heterocycles. The number of carbonyl (C=O) groups is 1. The van der Waals surface area contributed by atoms with Crippen molar-refractivity contribution in [2.24, 2.45) is 0 Å². The third-order valence-corrected chi connectivity index (χ3v) is 4.78. The molecular formula is C19H16ClN3O2S. The van der Waals surface area contributed by atoms with Crippen LogP contribution in [0.3, 0.4) is 0 Å². The van der Waals surface area contributed by atoms with Gasteiger partial charge in [0.2, 0.25) is 5.88 Å². The van der Waals surface area contributed by atoms with Crippen LogP contribution < -0.4 is 10.1 Å².